The van der Waals surface area contributed by atoms with E-state index in [2.05, 4.69) is 39.8 Å². The molecule has 2 aliphatic rings. The van der Waals surface area contributed by atoms with Crippen LogP contribution in [0.1, 0.15) is 22.5 Å². The molecule has 2 aliphatic heterocycles. The Kier molecular flexibility index (Phi) is 7.50. The molecule has 1 fully saturated rings. The number of anilines is 1. The molecule has 0 spiro atoms. The maximum atomic E-state index is 14.8. The third-order valence-electron chi connectivity index (χ3n) is 7.41. The number of halogens is 1. The van der Waals surface area contributed by atoms with E-state index in [4.69, 9.17) is 11.1 Å². The Bertz CT molecular complexity index is 1700. The zero-order valence-corrected chi connectivity index (χ0v) is 23.5. The topological polar surface area (TPSA) is 154 Å². The van der Waals surface area contributed by atoms with Gasteiger partial charge in [0, 0.05) is 56.4 Å². The maximum Gasteiger partial charge on any atom is 0.304 e. The van der Waals surface area contributed by atoms with E-state index in [-0.39, 0.29) is 11.7 Å². The second-order valence-corrected chi connectivity index (χ2v) is 10.3. The van der Waals surface area contributed by atoms with Crippen molar-refractivity contribution in [1.82, 2.24) is 29.6 Å². The quantitative estimate of drug-likeness (QED) is 0.236. The van der Waals surface area contributed by atoms with E-state index in [1.807, 2.05) is 42.8 Å². The molecule has 1 aromatic carbocycles. The van der Waals surface area contributed by atoms with E-state index in [1.54, 1.807) is 30.0 Å². The number of quaternary nitrogens is 1. The number of aliphatic imine (C=N–C) groups is 2. The molecule has 0 bridgehead atoms. The fraction of sp³-hybridized carbons (Fsp3) is 0.276. The number of aryl methyl sites for hydroxylation is 2. The Morgan fingerprint density at radius 3 is 2.69 bits per heavy atom. The van der Waals surface area contributed by atoms with Gasteiger partial charge in [-0.2, -0.15) is 15.1 Å². The van der Waals surface area contributed by atoms with Gasteiger partial charge in [-0.15, -0.1) is 0 Å². The maximum absolute atomic E-state index is 14.8. The molecule has 0 saturated carbocycles. The van der Waals surface area contributed by atoms with Gasteiger partial charge in [-0.25, -0.2) is 24.4 Å². The van der Waals surface area contributed by atoms with Crippen molar-refractivity contribution in [2.75, 3.05) is 37.6 Å². The van der Waals surface area contributed by atoms with Gasteiger partial charge in [0.2, 0.25) is 5.84 Å². The first-order valence-corrected chi connectivity index (χ1v) is 13.8. The van der Waals surface area contributed by atoms with Crippen molar-refractivity contribution in [3.05, 3.63) is 83.3 Å². The minimum absolute atomic E-state index is 0.0546. The average Bonchev–Trinajstić information content (AvgIpc) is 3.39. The highest BCUT2D eigenvalue weighted by atomic mass is 19.1. The fourth-order valence-corrected chi connectivity index (χ4v) is 5.14. The summed E-state index contributed by atoms with van der Waals surface area (Å²) in [6.07, 6.45) is 5.08. The molecule has 6 rings (SSSR count). The molecule has 42 heavy (non-hydrogen) atoms. The molecule has 3 aromatic heterocycles. The summed E-state index contributed by atoms with van der Waals surface area (Å²) in [7, 11) is 0. The van der Waals surface area contributed by atoms with Crippen LogP contribution in [0.2, 0.25) is 0 Å². The predicted molar refractivity (Wildman–Crippen MR) is 159 cm³/mol. The molecular formula is C29H32FN12+. The van der Waals surface area contributed by atoms with Crippen LogP contribution in [-0.4, -0.2) is 80.0 Å². The Balaban J connectivity index is 1.11. The first-order chi connectivity index (χ1) is 20.4. The fourth-order valence-electron chi connectivity index (χ4n) is 5.14. The number of nitrogens with two attached hydrogens (primary N) is 2. The number of hydrogen-bond acceptors (Lipinski definition) is 9. The van der Waals surface area contributed by atoms with Crippen molar-refractivity contribution in [3.63, 3.8) is 0 Å². The summed E-state index contributed by atoms with van der Waals surface area (Å²) in [5.41, 5.74) is 10.5. The van der Waals surface area contributed by atoms with E-state index in [1.165, 1.54) is 6.07 Å². The van der Waals surface area contributed by atoms with Crippen molar-refractivity contribution in [1.29, 1.82) is 5.41 Å². The lowest BCUT2D eigenvalue weighted by atomic mass is 10.1. The molecule has 0 aliphatic carbocycles. The highest BCUT2D eigenvalue weighted by Crippen LogP contribution is 2.27. The second-order valence-electron chi connectivity index (χ2n) is 10.3. The number of nitrogens with one attached hydrogen (secondary N) is 1. The van der Waals surface area contributed by atoms with Crippen LogP contribution in [-0.2, 0) is 6.54 Å². The van der Waals surface area contributed by atoms with Crippen LogP contribution in [0.25, 0.3) is 11.4 Å². The van der Waals surface area contributed by atoms with Gasteiger partial charge >= 0.3 is 5.96 Å². The molecule has 0 radical (unpaired) electrons. The highest BCUT2D eigenvalue weighted by molar-refractivity contribution is 6.11. The highest BCUT2D eigenvalue weighted by Gasteiger charge is 2.27. The lowest BCUT2D eigenvalue weighted by Gasteiger charge is -2.36. The Hall–Kier alpha value is -4.88. The summed E-state index contributed by atoms with van der Waals surface area (Å²) >= 11 is 0. The summed E-state index contributed by atoms with van der Waals surface area (Å²) in [5, 5.41) is 14.7. The third-order valence-corrected chi connectivity index (χ3v) is 7.41. The standard InChI is InChI=1S/C29H31FN12/c1-18-4-3-8-33-24(18)25(31)37-27-21-17-35-42(28(21)39-29(32)38-27)15-12-40-10-13-41(14-11-40)23-16-20(5-6-22(23)30)26-34-9-7-19(2)36-26/h3-9,16-17H,10-15H2,1-2H3,(H4,31,32,37,38,39)/p+1. The number of fused-ring (bicyclic) bond motifs is 1. The molecular weight excluding hydrogens is 535 g/mol. The van der Waals surface area contributed by atoms with Gasteiger partial charge in [0.25, 0.3) is 0 Å². The molecule has 0 atom stereocenters. The van der Waals surface area contributed by atoms with Crippen molar-refractivity contribution in [2.45, 2.75) is 20.4 Å². The van der Waals surface area contributed by atoms with Gasteiger partial charge < -0.3 is 10.6 Å². The van der Waals surface area contributed by atoms with Crippen LogP contribution in [0.3, 0.4) is 0 Å². The molecule has 1 saturated heterocycles. The monoisotopic (exact) mass is 567 g/mol. The number of guanidine groups is 1. The van der Waals surface area contributed by atoms with Crippen molar-refractivity contribution >= 4 is 29.1 Å². The van der Waals surface area contributed by atoms with Crippen LogP contribution >= 0.6 is 0 Å². The van der Waals surface area contributed by atoms with Crippen molar-refractivity contribution in [3.8, 4) is 11.4 Å². The molecule has 4 aromatic rings. The summed E-state index contributed by atoms with van der Waals surface area (Å²) in [5.74, 6) is 1.86. The van der Waals surface area contributed by atoms with E-state index in [0.29, 0.717) is 54.5 Å². The van der Waals surface area contributed by atoms with Gasteiger partial charge in [0.15, 0.2) is 17.5 Å². The van der Waals surface area contributed by atoms with E-state index < -0.39 is 0 Å². The summed E-state index contributed by atoms with van der Waals surface area (Å²) in [4.78, 5) is 26.5. The Morgan fingerprint density at radius 2 is 1.90 bits per heavy atom. The lowest BCUT2D eigenvalue weighted by molar-refractivity contribution is -0.409. The lowest BCUT2D eigenvalue weighted by Crippen LogP contribution is -2.95. The predicted octanol–water partition coefficient (Wildman–Crippen LogP) is 1.61. The molecule has 214 valence electrons. The van der Waals surface area contributed by atoms with E-state index in [9.17, 15) is 4.39 Å². The summed E-state index contributed by atoms with van der Waals surface area (Å²) in [6.45, 7) is 8.10. The van der Waals surface area contributed by atoms with Crippen LogP contribution in [0.4, 0.5) is 15.9 Å². The number of hydrogen-bond donors (Lipinski definition) is 3. The largest absolute Gasteiger partial charge is 0.367 e. The summed E-state index contributed by atoms with van der Waals surface area (Å²) < 4.78 is 16.7. The molecule has 0 unspecified atom stereocenters. The average molecular weight is 568 g/mol. The van der Waals surface area contributed by atoms with Crippen LogP contribution in [0, 0.1) is 25.1 Å². The molecule has 0 amide bonds. The van der Waals surface area contributed by atoms with E-state index in [0.717, 1.165) is 42.0 Å². The number of piperazine rings is 1. The normalized spacial score (nSPS) is 16.4. The zero-order chi connectivity index (χ0) is 29.2. The molecule has 13 heteroatoms. The summed E-state index contributed by atoms with van der Waals surface area (Å²) in [6, 6.07) is 10.6. The minimum Gasteiger partial charge on any atom is -0.367 e. The second kappa shape index (κ2) is 11.5. The van der Waals surface area contributed by atoms with Gasteiger partial charge in [-0.1, -0.05) is 6.07 Å². The van der Waals surface area contributed by atoms with Crippen LogP contribution in [0.15, 0.2) is 65.0 Å². The van der Waals surface area contributed by atoms with Crippen LogP contribution in [0.5, 0.6) is 0 Å². The number of rotatable bonds is 6. The van der Waals surface area contributed by atoms with Crippen LogP contribution < -0.4 is 16.0 Å². The minimum atomic E-state index is -0.251. The van der Waals surface area contributed by atoms with Gasteiger partial charge in [-0.05, 0) is 49.7 Å². The van der Waals surface area contributed by atoms with Gasteiger partial charge in [0.1, 0.15) is 17.1 Å². The SMILES string of the molecule is Cc1ccnc(-c2ccc(F)c(N3CCN(CCn4ncc5c4N=C(N)[NH2+]C5=NC(=N)c4ncccc4C)CC3)c2)n1. The van der Waals surface area contributed by atoms with Gasteiger partial charge in [0.05, 0.1) is 18.4 Å². The Labute approximate surface area is 242 Å². The third kappa shape index (κ3) is 5.64. The molecule has 12 nitrogen and oxygen atoms in total. The smallest absolute Gasteiger partial charge is 0.304 e. The molecule has 5 N–H and O–H groups in total. The van der Waals surface area contributed by atoms with Crippen molar-refractivity contribution in [2.24, 2.45) is 15.7 Å². The Morgan fingerprint density at radius 1 is 1.07 bits per heavy atom. The molecule has 5 heterocycles. The van der Waals surface area contributed by atoms with Crippen molar-refractivity contribution < 1.29 is 9.71 Å². The number of benzene rings is 1. The number of amidine groups is 2. The first kappa shape index (κ1) is 27.3. The van der Waals surface area contributed by atoms with E-state index >= 15 is 0 Å². The number of pyridine rings is 1. The van der Waals surface area contributed by atoms with Gasteiger partial charge in [-0.3, -0.25) is 15.3 Å². The first-order valence-electron chi connectivity index (χ1n) is 13.8. The zero-order valence-electron chi connectivity index (χ0n) is 23.5. The number of aromatic nitrogens is 5. The number of nitrogens with zero attached hydrogens (tertiary/aromatic N) is 9.